The average molecular weight is 423 g/mol. The normalized spacial score (nSPS) is 11.8. The van der Waals surface area contributed by atoms with Gasteiger partial charge in [-0.1, -0.05) is 63.2 Å². The van der Waals surface area contributed by atoms with Crippen LogP contribution >= 0.6 is 0 Å². The molecule has 0 fully saturated rings. The second-order valence-electron chi connectivity index (χ2n) is 8.12. The molecule has 3 rings (SSSR count). The van der Waals surface area contributed by atoms with E-state index in [1.165, 1.54) is 12.1 Å². The Morgan fingerprint density at radius 2 is 1.43 bits per heavy atom. The van der Waals surface area contributed by atoms with Crippen molar-refractivity contribution in [3.05, 3.63) is 95.6 Å². The molecule has 3 aromatic carbocycles. The van der Waals surface area contributed by atoms with Gasteiger partial charge in [0.05, 0.1) is 4.90 Å². The van der Waals surface area contributed by atoms with E-state index in [1.807, 2.05) is 42.5 Å². The molecule has 0 aromatic heterocycles. The minimum Gasteiger partial charge on any atom is -0.322 e. The fourth-order valence-corrected chi connectivity index (χ4v) is 3.92. The zero-order chi connectivity index (χ0) is 21.8. The summed E-state index contributed by atoms with van der Waals surface area (Å²) in [5, 5.41) is 2.80. The Morgan fingerprint density at radius 3 is 2.00 bits per heavy atom. The number of nitrogens with one attached hydrogen (secondary N) is 2. The van der Waals surface area contributed by atoms with E-state index in [1.54, 1.807) is 24.3 Å². The number of carbonyl (C=O) groups is 1. The Morgan fingerprint density at radius 1 is 0.833 bits per heavy atom. The lowest BCUT2D eigenvalue weighted by atomic mass is 9.87. The van der Waals surface area contributed by atoms with Gasteiger partial charge in [-0.2, -0.15) is 0 Å². The Balaban J connectivity index is 1.64. The highest BCUT2D eigenvalue weighted by Gasteiger charge is 2.16. The molecule has 0 atom stereocenters. The van der Waals surface area contributed by atoms with Gasteiger partial charge >= 0.3 is 0 Å². The van der Waals surface area contributed by atoms with Gasteiger partial charge in [-0.05, 0) is 52.9 Å². The molecule has 0 radical (unpaired) electrons. The third-order valence-corrected chi connectivity index (χ3v) is 6.16. The third-order valence-electron chi connectivity index (χ3n) is 4.74. The van der Waals surface area contributed by atoms with E-state index in [9.17, 15) is 13.2 Å². The van der Waals surface area contributed by atoms with E-state index in [-0.39, 0.29) is 22.8 Å². The summed E-state index contributed by atoms with van der Waals surface area (Å²) < 4.78 is 27.5. The van der Waals surface area contributed by atoms with E-state index < -0.39 is 10.0 Å². The molecule has 30 heavy (non-hydrogen) atoms. The minimum absolute atomic E-state index is 0.0187. The van der Waals surface area contributed by atoms with Crippen molar-refractivity contribution in [1.82, 2.24) is 4.72 Å². The molecule has 0 saturated carbocycles. The van der Waals surface area contributed by atoms with Crippen LogP contribution in [0.15, 0.2) is 83.8 Å². The predicted octanol–water partition coefficient (Wildman–Crippen LogP) is 4.71. The Labute approximate surface area is 178 Å². The molecule has 5 nitrogen and oxygen atoms in total. The Hall–Kier alpha value is -2.96. The number of sulfonamides is 1. The van der Waals surface area contributed by atoms with Gasteiger partial charge in [0.15, 0.2) is 0 Å². The van der Waals surface area contributed by atoms with E-state index in [2.05, 4.69) is 30.8 Å². The first-order valence-corrected chi connectivity index (χ1v) is 11.2. The Bertz CT molecular complexity index is 1100. The highest BCUT2D eigenvalue weighted by atomic mass is 32.2. The van der Waals surface area contributed by atoms with Gasteiger partial charge in [-0.15, -0.1) is 0 Å². The average Bonchev–Trinajstić information content (AvgIpc) is 2.73. The molecule has 0 spiro atoms. The summed E-state index contributed by atoms with van der Waals surface area (Å²) in [7, 11) is -3.64. The fraction of sp³-hybridized carbons (Fsp3) is 0.208. The van der Waals surface area contributed by atoms with Crippen molar-refractivity contribution in [1.29, 1.82) is 0 Å². The molecule has 0 aliphatic heterocycles. The van der Waals surface area contributed by atoms with Gasteiger partial charge in [0.1, 0.15) is 0 Å². The molecule has 0 saturated heterocycles. The van der Waals surface area contributed by atoms with E-state index in [0.717, 1.165) is 11.1 Å². The van der Waals surface area contributed by atoms with Crippen molar-refractivity contribution in [3.8, 4) is 0 Å². The maximum Gasteiger partial charge on any atom is 0.255 e. The molecule has 6 heteroatoms. The van der Waals surface area contributed by atoms with E-state index in [4.69, 9.17) is 0 Å². The van der Waals surface area contributed by atoms with Crippen molar-refractivity contribution < 1.29 is 13.2 Å². The van der Waals surface area contributed by atoms with Gasteiger partial charge < -0.3 is 5.32 Å². The van der Waals surface area contributed by atoms with Gasteiger partial charge in [0, 0.05) is 17.8 Å². The lowest BCUT2D eigenvalue weighted by molar-refractivity contribution is 0.102. The minimum atomic E-state index is -3.64. The quantitative estimate of drug-likeness (QED) is 0.604. The first kappa shape index (κ1) is 21.7. The smallest absolute Gasteiger partial charge is 0.255 e. The summed E-state index contributed by atoms with van der Waals surface area (Å²) in [5.74, 6) is -0.242. The molecule has 0 aliphatic carbocycles. The lowest BCUT2D eigenvalue weighted by Crippen LogP contribution is -2.23. The molecular formula is C24H26N2O3S. The van der Waals surface area contributed by atoms with Crippen LogP contribution in [0.3, 0.4) is 0 Å². The SMILES string of the molecule is CC(C)(C)c1ccc(C(=O)Nc2ccc(S(=O)(=O)NCc3ccccc3)cc2)cc1. The number of hydrogen-bond acceptors (Lipinski definition) is 3. The van der Waals surface area contributed by atoms with Crippen LogP contribution in [0.2, 0.25) is 0 Å². The third kappa shape index (κ3) is 5.55. The van der Waals surface area contributed by atoms with Crippen LogP contribution in [0, 0.1) is 0 Å². The lowest BCUT2D eigenvalue weighted by Gasteiger charge is -2.19. The van der Waals surface area contributed by atoms with Crippen molar-refractivity contribution in [2.45, 2.75) is 37.6 Å². The van der Waals surface area contributed by atoms with Crippen molar-refractivity contribution in [3.63, 3.8) is 0 Å². The monoisotopic (exact) mass is 422 g/mol. The van der Waals surface area contributed by atoms with Crippen LogP contribution in [0.4, 0.5) is 5.69 Å². The number of carbonyl (C=O) groups excluding carboxylic acids is 1. The zero-order valence-electron chi connectivity index (χ0n) is 17.3. The predicted molar refractivity (Wildman–Crippen MR) is 120 cm³/mol. The van der Waals surface area contributed by atoms with Gasteiger partial charge in [-0.25, -0.2) is 13.1 Å². The van der Waals surface area contributed by atoms with Gasteiger partial charge in [0.25, 0.3) is 5.91 Å². The number of benzene rings is 3. The second kappa shape index (κ2) is 8.81. The molecule has 3 aromatic rings. The summed E-state index contributed by atoms with van der Waals surface area (Å²) >= 11 is 0. The van der Waals surface area contributed by atoms with Crippen LogP contribution in [0.25, 0.3) is 0 Å². The topological polar surface area (TPSA) is 75.3 Å². The molecule has 0 aliphatic rings. The molecule has 156 valence electrons. The van der Waals surface area contributed by atoms with Crippen molar-refractivity contribution in [2.24, 2.45) is 0 Å². The standard InChI is InChI=1S/C24H26N2O3S/c1-24(2,3)20-11-9-19(10-12-20)23(27)26-21-13-15-22(16-14-21)30(28,29)25-17-18-7-5-4-6-8-18/h4-16,25H,17H2,1-3H3,(H,26,27). The van der Waals surface area contributed by atoms with E-state index >= 15 is 0 Å². The van der Waals surface area contributed by atoms with E-state index in [0.29, 0.717) is 11.3 Å². The maximum atomic E-state index is 12.5. The largest absolute Gasteiger partial charge is 0.322 e. The number of amides is 1. The van der Waals surface area contributed by atoms with Gasteiger partial charge in [-0.3, -0.25) is 4.79 Å². The molecule has 0 heterocycles. The van der Waals surface area contributed by atoms with Crippen LogP contribution in [0.5, 0.6) is 0 Å². The van der Waals surface area contributed by atoms with Crippen LogP contribution in [-0.4, -0.2) is 14.3 Å². The summed E-state index contributed by atoms with van der Waals surface area (Å²) in [6, 6.07) is 22.9. The summed E-state index contributed by atoms with van der Waals surface area (Å²) in [6.07, 6.45) is 0. The number of anilines is 1. The first-order chi connectivity index (χ1) is 14.1. The fourth-order valence-electron chi connectivity index (χ4n) is 2.90. The van der Waals surface area contributed by atoms with Crippen LogP contribution in [-0.2, 0) is 22.0 Å². The van der Waals surface area contributed by atoms with Crippen LogP contribution in [0.1, 0.15) is 42.3 Å². The molecule has 0 unspecified atom stereocenters. The zero-order valence-corrected chi connectivity index (χ0v) is 18.2. The molecule has 1 amide bonds. The molecule has 2 N–H and O–H groups in total. The van der Waals surface area contributed by atoms with Crippen molar-refractivity contribution >= 4 is 21.6 Å². The summed E-state index contributed by atoms with van der Waals surface area (Å²) in [5.41, 5.74) is 3.12. The van der Waals surface area contributed by atoms with Gasteiger partial charge in [0.2, 0.25) is 10.0 Å². The second-order valence-corrected chi connectivity index (χ2v) is 9.88. The van der Waals surface area contributed by atoms with Crippen LogP contribution < -0.4 is 10.0 Å². The summed E-state index contributed by atoms with van der Waals surface area (Å²) in [4.78, 5) is 12.6. The highest BCUT2D eigenvalue weighted by Crippen LogP contribution is 2.22. The first-order valence-electron chi connectivity index (χ1n) is 9.71. The maximum absolute atomic E-state index is 12.5. The number of rotatable bonds is 6. The molecule has 0 bridgehead atoms. The number of hydrogen-bond donors (Lipinski definition) is 2. The summed E-state index contributed by atoms with van der Waals surface area (Å²) in [6.45, 7) is 6.57. The molecular weight excluding hydrogens is 396 g/mol. The van der Waals surface area contributed by atoms with Crippen molar-refractivity contribution in [2.75, 3.05) is 5.32 Å². The highest BCUT2D eigenvalue weighted by molar-refractivity contribution is 7.89. The Kier molecular flexibility index (Phi) is 6.39.